The number of ketones is 1. The Balaban J connectivity index is 2.26. The SMILES string of the molecule is Cc1cc(C)cc(C(=O)C2OCCC2C)c1. The van der Waals surface area contributed by atoms with E-state index in [1.165, 1.54) is 0 Å². The summed E-state index contributed by atoms with van der Waals surface area (Å²) in [6.45, 7) is 6.83. The summed E-state index contributed by atoms with van der Waals surface area (Å²) in [5.74, 6) is 0.477. The summed E-state index contributed by atoms with van der Waals surface area (Å²) in [4.78, 5) is 12.2. The molecular weight excluding hydrogens is 200 g/mol. The fourth-order valence-corrected chi connectivity index (χ4v) is 2.31. The van der Waals surface area contributed by atoms with Crippen LogP contribution < -0.4 is 0 Å². The van der Waals surface area contributed by atoms with E-state index in [1.807, 2.05) is 26.0 Å². The van der Waals surface area contributed by atoms with Crippen molar-refractivity contribution in [2.45, 2.75) is 33.3 Å². The molecule has 0 bridgehead atoms. The van der Waals surface area contributed by atoms with Crippen LogP contribution in [-0.2, 0) is 4.74 Å². The van der Waals surface area contributed by atoms with Crippen molar-refractivity contribution in [3.8, 4) is 0 Å². The largest absolute Gasteiger partial charge is 0.370 e. The van der Waals surface area contributed by atoms with Gasteiger partial charge in [-0.3, -0.25) is 4.79 Å². The zero-order valence-corrected chi connectivity index (χ0v) is 10.1. The first-order valence-electron chi connectivity index (χ1n) is 5.82. The highest BCUT2D eigenvalue weighted by Crippen LogP contribution is 2.24. The Kier molecular flexibility index (Phi) is 3.10. The van der Waals surface area contributed by atoms with Gasteiger partial charge in [-0.1, -0.05) is 24.1 Å². The lowest BCUT2D eigenvalue weighted by Gasteiger charge is -2.14. The van der Waals surface area contributed by atoms with Crippen molar-refractivity contribution in [1.82, 2.24) is 0 Å². The summed E-state index contributed by atoms with van der Waals surface area (Å²) in [6.07, 6.45) is 0.752. The van der Waals surface area contributed by atoms with Gasteiger partial charge >= 0.3 is 0 Å². The molecule has 0 saturated carbocycles. The van der Waals surface area contributed by atoms with E-state index in [4.69, 9.17) is 4.74 Å². The van der Waals surface area contributed by atoms with Crippen molar-refractivity contribution in [3.63, 3.8) is 0 Å². The Morgan fingerprint density at radius 1 is 1.25 bits per heavy atom. The average Bonchev–Trinajstić information content (AvgIpc) is 2.62. The van der Waals surface area contributed by atoms with Gasteiger partial charge in [0.05, 0.1) is 0 Å². The van der Waals surface area contributed by atoms with Gasteiger partial charge in [-0.25, -0.2) is 0 Å². The van der Waals surface area contributed by atoms with Crippen LogP contribution in [0.1, 0.15) is 34.8 Å². The second-order valence-electron chi connectivity index (χ2n) is 4.80. The van der Waals surface area contributed by atoms with Gasteiger partial charge in [0.1, 0.15) is 6.10 Å². The molecule has 0 radical (unpaired) electrons. The summed E-state index contributed by atoms with van der Waals surface area (Å²) in [6, 6.07) is 5.98. The second kappa shape index (κ2) is 4.38. The molecule has 1 aromatic carbocycles. The molecule has 0 N–H and O–H groups in total. The predicted octanol–water partition coefficient (Wildman–Crippen LogP) is 2.91. The minimum atomic E-state index is -0.235. The third-order valence-electron chi connectivity index (χ3n) is 3.15. The van der Waals surface area contributed by atoms with E-state index < -0.39 is 0 Å². The van der Waals surface area contributed by atoms with Gasteiger partial charge in [0, 0.05) is 12.2 Å². The molecule has 1 aliphatic heterocycles. The molecule has 2 rings (SSSR count). The summed E-state index contributed by atoms with van der Waals surface area (Å²) in [5, 5.41) is 0. The molecule has 0 aliphatic carbocycles. The minimum absolute atomic E-state index is 0.136. The number of hydrogen-bond acceptors (Lipinski definition) is 2. The monoisotopic (exact) mass is 218 g/mol. The Morgan fingerprint density at radius 3 is 2.38 bits per heavy atom. The highest BCUT2D eigenvalue weighted by molar-refractivity contribution is 6.00. The second-order valence-corrected chi connectivity index (χ2v) is 4.80. The van der Waals surface area contributed by atoms with Gasteiger partial charge < -0.3 is 4.74 Å². The van der Waals surface area contributed by atoms with Crippen molar-refractivity contribution in [1.29, 1.82) is 0 Å². The maximum absolute atomic E-state index is 12.2. The molecule has 2 nitrogen and oxygen atoms in total. The molecule has 16 heavy (non-hydrogen) atoms. The first-order valence-corrected chi connectivity index (χ1v) is 5.82. The molecule has 1 aromatic rings. The Morgan fingerprint density at radius 2 is 1.88 bits per heavy atom. The van der Waals surface area contributed by atoms with Crippen LogP contribution in [0.25, 0.3) is 0 Å². The predicted molar refractivity (Wildman–Crippen MR) is 63.8 cm³/mol. The Hall–Kier alpha value is -1.15. The zero-order valence-electron chi connectivity index (χ0n) is 10.1. The molecule has 2 unspecified atom stereocenters. The van der Waals surface area contributed by atoms with Crippen LogP contribution in [0, 0.1) is 19.8 Å². The van der Waals surface area contributed by atoms with Crippen molar-refractivity contribution in [3.05, 3.63) is 34.9 Å². The Bertz CT molecular complexity index is 389. The lowest BCUT2D eigenvalue weighted by atomic mass is 9.94. The van der Waals surface area contributed by atoms with E-state index in [0.29, 0.717) is 12.5 Å². The van der Waals surface area contributed by atoms with Crippen LogP contribution in [0.3, 0.4) is 0 Å². The maximum atomic E-state index is 12.2. The zero-order chi connectivity index (χ0) is 11.7. The van der Waals surface area contributed by atoms with E-state index in [9.17, 15) is 4.79 Å². The van der Waals surface area contributed by atoms with E-state index in [0.717, 1.165) is 23.1 Å². The number of aryl methyl sites for hydroxylation is 2. The Labute approximate surface area is 96.6 Å². The van der Waals surface area contributed by atoms with Gasteiger partial charge in [-0.15, -0.1) is 0 Å². The van der Waals surface area contributed by atoms with E-state index in [1.54, 1.807) is 0 Å². The van der Waals surface area contributed by atoms with Gasteiger partial charge in [-0.2, -0.15) is 0 Å². The van der Waals surface area contributed by atoms with Crippen molar-refractivity contribution >= 4 is 5.78 Å². The number of rotatable bonds is 2. The van der Waals surface area contributed by atoms with Crippen LogP contribution in [0.2, 0.25) is 0 Å². The summed E-state index contributed by atoms with van der Waals surface area (Å²) >= 11 is 0. The quantitative estimate of drug-likeness (QED) is 0.713. The van der Waals surface area contributed by atoms with E-state index in [-0.39, 0.29) is 11.9 Å². The molecule has 0 spiro atoms. The first kappa shape index (κ1) is 11.3. The van der Waals surface area contributed by atoms with Crippen LogP contribution in [0.15, 0.2) is 18.2 Å². The number of carbonyl (C=O) groups is 1. The molecule has 0 aromatic heterocycles. The van der Waals surface area contributed by atoms with Gasteiger partial charge in [0.25, 0.3) is 0 Å². The molecule has 2 atom stereocenters. The lowest BCUT2D eigenvalue weighted by Crippen LogP contribution is -2.25. The van der Waals surface area contributed by atoms with E-state index in [2.05, 4.69) is 13.0 Å². The molecule has 1 fully saturated rings. The van der Waals surface area contributed by atoms with Crippen molar-refractivity contribution in [2.75, 3.05) is 6.61 Å². The fraction of sp³-hybridized carbons (Fsp3) is 0.500. The number of carbonyl (C=O) groups excluding carboxylic acids is 1. The third kappa shape index (κ3) is 2.17. The summed E-state index contributed by atoms with van der Waals surface area (Å²) in [5.41, 5.74) is 3.05. The van der Waals surface area contributed by atoms with Crippen molar-refractivity contribution in [2.24, 2.45) is 5.92 Å². The van der Waals surface area contributed by atoms with Crippen molar-refractivity contribution < 1.29 is 9.53 Å². The first-order chi connectivity index (χ1) is 7.58. The highest BCUT2D eigenvalue weighted by atomic mass is 16.5. The van der Waals surface area contributed by atoms with Crippen LogP contribution >= 0.6 is 0 Å². The molecular formula is C14H18O2. The molecule has 1 heterocycles. The smallest absolute Gasteiger partial charge is 0.191 e. The molecule has 2 heteroatoms. The van der Waals surface area contributed by atoms with Gasteiger partial charge in [-0.05, 0) is 38.3 Å². The normalized spacial score (nSPS) is 24.7. The fourth-order valence-electron chi connectivity index (χ4n) is 2.31. The topological polar surface area (TPSA) is 26.3 Å². The van der Waals surface area contributed by atoms with Gasteiger partial charge in [0.15, 0.2) is 5.78 Å². The van der Waals surface area contributed by atoms with Crippen LogP contribution in [0.5, 0.6) is 0 Å². The lowest BCUT2D eigenvalue weighted by molar-refractivity contribution is 0.0579. The van der Waals surface area contributed by atoms with Crippen LogP contribution in [0.4, 0.5) is 0 Å². The maximum Gasteiger partial charge on any atom is 0.191 e. The summed E-state index contributed by atoms with van der Waals surface area (Å²) < 4.78 is 5.51. The third-order valence-corrected chi connectivity index (χ3v) is 3.15. The van der Waals surface area contributed by atoms with Gasteiger partial charge in [0.2, 0.25) is 0 Å². The molecule has 1 aliphatic rings. The highest BCUT2D eigenvalue weighted by Gasteiger charge is 2.31. The number of hydrogen-bond donors (Lipinski definition) is 0. The number of benzene rings is 1. The molecule has 86 valence electrons. The van der Waals surface area contributed by atoms with E-state index >= 15 is 0 Å². The standard InChI is InChI=1S/C14H18O2/c1-9-6-10(2)8-12(7-9)13(15)14-11(3)4-5-16-14/h6-8,11,14H,4-5H2,1-3H3. The number of Topliss-reactive ketones (excluding diaryl/α,β-unsaturated/α-hetero) is 1. The molecule has 1 saturated heterocycles. The average molecular weight is 218 g/mol. The van der Waals surface area contributed by atoms with Crippen LogP contribution in [-0.4, -0.2) is 18.5 Å². The number of ether oxygens (including phenoxy) is 1. The molecule has 0 amide bonds. The summed E-state index contributed by atoms with van der Waals surface area (Å²) in [7, 11) is 0. The minimum Gasteiger partial charge on any atom is -0.370 e.